The molecule has 0 radical (unpaired) electrons. The molecule has 8 heteroatoms. The van der Waals surface area contributed by atoms with Crippen LogP contribution < -0.4 is 5.32 Å². The first kappa shape index (κ1) is 11.6. The molecular weight excluding hydrogens is 240 g/mol. The number of amides is 1. The number of aromatic carboxylic acids is 1. The average molecular weight is 248 g/mol. The van der Waals surface area contributed by atoms with Crippen molar-refractivity contribution in [2.75, 3.05) is 5.32 Å². The molecule has 0 aliphatic rings. The summed E-state index contributed by atoms with van der Waals surface area (Å²) >= 11 is 0. The Morgan fingerprint density at radius 1 is 1.28 bits per heavy atom. The second-order valence-electron chi connectivity index (χ2n) is 3.36. The number of nitrogens with zero attached hydrogens (tertiary/aromatic N) is 2. The first-order valence-corrected chi connectivity index (χ1v) is 4.80. The van der Waals surface area contributed by atoms with E-state index in [1.165, 1.54) is 24.5 Å². The molecule has 92 valence electrons. The Kier molecular flexibility index (Phi) is 2.92. The minimum Gasteiger partial charge on any atom is -0.506 e. The highest BCUT2D eigenvalue weighted by atomic mass is 16.4. The van der Waals surface area contributed by atoms with Crippen molar-refractivity contribution in [1.29, 1.82) is 0 Å². The number of aromatic nitrogens is 3. The van der Waals surface area contributed by atoms with Gasteiger partial charge in [-0.3, -0.25) is 14.9 Å². The Morgan fingerprint density at radius 2 is 2.06 bits per heavy atom. The number of carbonyl (C=O) groups is 2. The van der Waals surface area contributed by atoms with Crippen LogP contribution in [-0.4, -0.2) is 37.3 Å². The fourth-order valence-electron chi connectivity index (χ4n) is 1.24. The number of aromatic amines is 1. The van der Waals surface area contributed by atoms with E-state index in [-0.39, 0.29) is 22.8 Å². The molecular formula is C10H8N4O4. The number of rotatable bonds is 3. The summed E-state index contributed by atoms with van der Waals surface area (Å²) in [5.41, 5.74) is -0.00536. The van der Waals surface area contributed by atoms with E-state index >= 15 is 0 Å². The number of carboxylic acids is 1. The van der Waals surface area contributed by atoms with E-state index in [0.717, 1.165) is 0 Å². The maximum absolute atomic E-state index is 11.7. The molecule has 0 spiro atoms. The molecule has 0 aromatic carbocycles. The molecule has 0 bridgehead atoms. The van der Waals surface area contributed by atoms with Crippen molar-refractivity contribution in [3.8, 4) is 5.75 Å². The van der Waals surface area contributed by atoms with Crippen molar-refractivity contribution in [3.63, 3.8) is 0 Å². The molecule has 18 heavy (non-hydrogen) atoms. The van der Waals surface area contributed by atoms with Gasteiger partial charge in [0.1, 0.15) is 11.4 Å². The lowest BCUT2D eigenvalue weighted by molar-refractivity contribution is 0.0690. The molecule has 0 unspecified atom stereocenters. The zero-order valence-electron chi connectivity index (χ0n) is 8.91. The standard InChI is InChI=1S/C10H8N4O4/c15-6-1-5(3-11-4-6)9(16)12-8-2-7(10(17)18)13-14-8/h1-4,15H,(H,17,18)(H2,12,13,14,16). The quantitative estimate of drug-likeness (QED) is 0.624. The first-order valence-electron chi connectivity index (χ1n) is 4.80. The van der Waals surface area contributed by atoms with Crippen molar-refractivity contribution in [2.45, 2.75) is 0 Å². The van der Waals surface area contributed by atoms with Crippen LogP contribution in [0.5, 0.6) is 5.75 Å². The minimum atomic E-state index is -1.18. The lowest BCUT2D eigenvalue weighted by atomic mass is 10.2. The summed E-state index contributed by atoms with van der Waals surface area (Å²) in [6.07, 6.45) is 2.45. The molecule has 2 aromatic heterocycles. The summed E-state index contributed by atoms with van der Waals surface area (Å²) in [5, 5.41) is 26.0. The van der Waals surface area contributed by atoms with Gasteiger partial charge in [-0.05, 0) is 6.07 Å². The predicted octanol–water partition coefficient (Wildman–Crippen LogP) is 0.461. The van der Waals surface area contributed by atoms with E-state index in [0.29, 0.717) is 0 Å². The van der Waals surface area contributed by atoms with Gasteiger partial charge < -0.3 is 15.5 Å². The second kappa shape index (κ2) is 4.53. The zero-order valence-corrected chi connectivity index (χ0v) is 8.91. The second-order valence-corrected chi connectivity index (χ2v) is 3.36. The number of hydrogen-bond acceptors (Lipinski definition) is 5. The minimum absolute atomic E-state index is 0.0701. The topological polar surface area (TPSA) is 128 Å². The highest BCUT2D eigenvalue weighted by Gasteiger charge is 2.12. The van der Waals surface area contributed by atoms with Crippen molar-refractivity contribution in [1.82, 2.24) is 15.2 Å². The normalized spacial score (nSPS) is 10.0. The van der Waals surface area contributed by atoms with Crippen LogP contribution in [0.3, 0.4) is 0 Å². The van der Waals surface area contributed by atoms with Crippen LogP contribution in [0.25, 0.3) is 0 Å². The summed E-state index contributed by atoms with van der Waals surface area (Å²) in [7, 11) is 0. The Labute approximate surface area is 100 Å². The van der Waals surface area contributed by atoms with E-state index < -0.39 is 11.9 Å². The monoisotopic (exact) mass is 248 g/mol. The molecule has 1 amide bonds. The van der Waals surface area contributed by atoms with Gasteiger partial charge in [-0.1, -0.05) is 0 Å². The third kappa shape index (κ3) is 2.43. The third-order valence-electron chi connectivity index (χ3n) is 2.04. The molecule has 2 heterocycles. The molecule has 0 saturated carbocycles. The Bertz CT molecular complexity index is 607. The van der Waals surface area contributed by atoms with Crippen LogP contribution in [0.2, 0.25) is 0 Å². The number of anilines is 1. The molecule has 0 aliphatic carbocycles. The summed E-state index contributed by atoms with van der Waals surface area (Å²) in [4.78, 5) is 25.9. The molecule has 0 atom stereocenters. The number of H-pyrrole nitrogens is 1. The Hall–Kier alpha value is -2.90. The fourth-order valence-corrected chi connectivity index (χ4v) is 1.24. The van der Waals surface area contributed by atoms with Crippen molar-refractivity contribution < 1.29 is 19.8 Å². The maximum Gasteiger partial charge on any atom is 0.353 e. The number of hydrogen-bond donors (Lipinski definition) is 4. The molecule has 0 saturated heterocycles. The van der Waals surface area contributed by atoms with Crippen LogP contribution in [0.15, 0.2) is 24.5 Å². The summed E-state index contributed by atoms with van der Waals surface area (Å²) in [5.74, 6) is -1.81. The third-order valence-corrected chi connectivity index (χ3v) is 2.04. The van der Waals surface area contributed by atoms with E-state index in [2.05, 4.69) is 20.5 Å². The Morgan fingerprint density at radius 3 is 2.67 bits per heavy atom. The van der Waals surface area contributed by atoms with E-state index in [1.807, 2.05) is 0 Å². The number of aromatic hydroxyl groups is 1. The summed E-state index contributed by atoms with van der Waals surface area (Å²) in [6.45, 7) is 0. The average Bonchev–Trinajstić information content (AvgIpc) is 2.77. The lowest BCUT2D eigenvalue weighted by Gasteiger charge is -2.01. The van der Waals surface area contributed by atoms with Crippen LogP contribution in [0.1, 0.15) is 20.8 Å². The van der Waals surface area contributed by atoms with Crippen LogP contribution in [0, 0.1) is 0 Å². The largest absolute Gasteiger partial charge is 0.506 e. The van der Waals surface area contributed by atoms with E-state index in [9.17, 15) is 9.59 Å². The number of pyridine rings is 1. The Balaban J connectivity index is 2.13. The SMILES string of the molecule is O=C(Nc1cc(C(=O)O)[nH]n1)c1cncc(O)c1. The van der Waals surface area contributed by atoms with Gasteiger partial charge in [0.05, 0.1) is 11.8 Å². The molecule has 0 aliphatic heterocycles. The van der Waals surface area contributed by atoms with Gasteiger partial charge in [0.2, 0.25) is 0 Å². The van der Waals surface area contributed by atoms with Crippen molar-refractivity contribution >= 4 is 17.7 Å². The molecule has 4 N–H and O–H groups in total. The fraction of sp³-hybridized carbons (Fsp3) is 0. The van der Waals surface area contributed by atoms with E-state index in [1.54, 1.807) is 0 Å². The van der Waals surface area contributed by atoms with Crippen molar-refractivity contribution in [3.05, 3.63) is 35.8 Å². The molecule has 2 rings (SSSR count). The van der Waals surface area contributed by atoms with Crippen molar-refractivity contribution in [2.24, 2.45) is 0 Å². The smallest absolute Gasteiger partial charge is 0.353 e. The van der Waals surface area contributed by atoms with Gasteiger partial charge >= 0.3 is 5.97 Å². The van der Waals surface area contributed by atoms with Crippen LogP contribution in [0.4, 0.5) is 5.82 Å². The van der Waals surface area contributed by atoms with Crippen LogP contribution in [-0.2, 0) is 0 Å². The van der Waals surface area contributed by atoms with Gasteiger partial charge in [0, 0.05) is 12.3 Å². The number of nitrogens with one attached hydrogen (secondary N) is 2. The highest BCUT2D eigenvalue weighted by Crippen LogP contribution is 2.11. The maximum atomic E-state index is 11.7. The highest BCUT2D eigenvalue weighted by molar-refractivity contribution is 6.04. The zero-order chi connectivity index (χ0) is 13.1. The van der Waals surface area contributed by atoms with Gasteiger partial charge in [0.15, 0.2) is 5.82 Å². The molecule has 2 aromatic rings. The van der Waals surface area contributed by atoms with Crippen LogP contribution >= 0.6 is 0 Å². The predicted molar refractivity (Wildman–Crippen MR) is 59.4 cm³/mol. The lowest BCUT2D eigenvalue weighted by Crippen LogP contribution is -2.12. The molecule has 8 nitrogen and oxygen atoms in total. The first-order chi connectivity index (χ1) is 8.56. The summed E-state index contributed by atoms with van der Waals surface area (Å²) < 4.78 is 0. The van der Waals surface area contributed by atoms with Gasteiger partial charge in [-0.25, -0.2) is 4.79 Å². The van der Waals surface area contributed by atoms with Gasteiger partial charge in [-0.2, -0.15) is 5.10 Å². The van der Waals surface area contributed by atoms with E-state index in [4.69, 9.17) is 10.2 Å². The number of carboxylic acid groups (broad SMARTS) is 1. The molecule has 0 fully saturated rings. The van der Waals surface area contributed by atoms with Gasteiger partial charge in [-0.15, -0.1) is 0 Å². The van der Waals surface area contributed by atoms with Gasteiger partial charge in [0.25, 0.3) is 5.91 Å². The summed E-state index contributed by atoms with van der Waals surface area (Å²) in [6, 6.07) is 2.41. The number of carbonyl (C=O) groups excluding carboxylic acids is 1.